The van der Waals surface area contributed by atoms with Gasteiger partial charge in [0.2, 0.25) is 0 Å². The van der Waals surface area contributed by atoms with Gasteiger partial charge in [0, 0.05) is 24.5 Å². The summed E-state index contributed by atoms with van der Waals surface area (Å²) in [7, 11) is 0. The van der Waals surface area contributed by atoms with Gasteiger partial charge >= 0.3 is 0 Å². The van der Waals surface area contributed by atoms with Gasteiger partial charge in [-0.3, -0.25) is 14.6 Å². The van der Waals surface area contributed by atoms with Crippen molar-refractivity contribution in [1.29, 1.82) is 0 Å². The van der Waals surface area contributed by atoms with Gasteiger partial charge in [-0.25, -0.2) is 0 Å². The molecule has 2 saturated heterocycles. The first-order valence-corrected chi connectivity index (χ1v) is 10.4. The second-order valence-corrected chi connectivity index (χ2v) is 8.48. The van der Waals surface area contributed by atoms with Crippen LogP contribution in [0.15, 0.2) is 48.8 Å². The fraction of sp³-hybridized carbons (Fsp3) is 0.409. The highest BCUT2D eigenvalue weighted by Gasteiger charge is 2.61. The van der Waals surface area contributed by atoms with Gasteiger partial charge < -0.3 is 24.8 Å². The van der Waals surface area contributed by atoms with Crippen molar-refractivity contribution < 1.29 is 23.8 Å². The molecule has 0 radical (unpaired) electrons. The lowest BCUT2D eigenvalue weighted by Crippen LogP contribution is -2.52. The summed E-state index contributed by atoms with van der Waals surface area (Å²) in [4.78, 5) is 28.9. The number of amides is 2. The third-order valence-corrected chi connectivity index (χ3v) is 5.65. The fourth-order valence-electron chi connectivity index (χ4n) is 3.95. The van der Waals surface area contributed by atoms with Crippen LogP contribution < -0.4 is 10.6 Å². The summed E-state index contributed by atoms with van der Waals surface area (Å²) in [5.41, 5.74) is -0.00730. The predicted octanol–water partition coefficient (Wildman–Crippen LogP) is 2.18. The monoisotopic (exact) mass is 445 g/mol. The van der Waals surface area contributed by atoms with Crippen molar-refractivity contribution in [3.05, 3.63) is 64.9 Å². The van der Waals surface area contributed by atoms with Crippen molar-refractivity contribution in [3.63, 3.8) is 0 Å². The number of ether oxygens (including phenoxy) is 3. The number of fused-ring (bicyclic) bond motifs is 1. The molecule has 0 spiro atoms. The average Bonchev–Trinajstić information content (AvgIpc) is 3.21. The van der Waals surface area contributed by atoms with Gasteiger partial charge in [0.05, 0.1) is 23.7 Å². The van der Waals surface area contributed by atoms with Crippen LogP contribution in [0, 0.1) is 0 Å². The van der Waals surface area contributed by atoms with E-state index >= 15 is 0 Å². The molecule has 1 aromatic heterocycles. The Morgan fingerprint density at radius 3 is 2.68 bits per heavy atom. The first-order chi connectivity index (χ1) is 14.8. The molecule has 3 heterocycles. The van der Waals surface area contributed by atoms with Crippen LogP contribution in [0.1, 0.15) is 34.6 Å². The van der Waals surface area contributed by atoms with Crippen molar-refractivity contribution in [2.24, 2.45) is 0 Å². The molecule has 9 heteroatoms. The number of halogens is 1. The van der Waals surface area contributed by atoms with Crippen LogP contribution in [0.3, 0.4) is 0 Å². The molecule has 2 fully saturated rings. The Hall–Kier alpha value is -2.52. The van der Waals surface area contributed by atoms with Crippen molar-refractivity contribution in [3.8, 4) is 0 Å². The molecule has 31 heavy (non-hydrogen) atoms. The summed E-state index contributed by atoms with van der Waals surface area (Å²) in [6.07, 6.45) is 2.01. The van der Waals surface area contributed by atoms with E-state index in [-0.39, 0.29) is 37.1 Å². The Kier molecular flexibility index (Phi) is 5.98. The predicted molar refractivity (Wildman–Crippen MR) is 113 cm³/mol. The third-order valence-electron chi connectivity index (χ3n) is 5.32. The molecule has 3 atom stereocenters. The Balaban J connectivity index is 1.42. The molecule has 8 nitrogen and oxygen atoms in total. The lowest BCUT2D eigenvalue weighted by molar-refractivity contribution is -0.188. The number of nitrogens with zero attached hydrogens (tertiary/aromatic N) is 1. The third kappa shape index (κ3) is 4.57. The molecule has 0 aliphatic carbocycles. The number of rotatable bonds is 6. The van der Waals surface area contributed by atoms with Gasteiger partial charge in [-0.15, -0.1) is 0 Å². The summed E-state index contributed by atoms with van der Waals surface area (Å²) in [6, 6.07) is 10.5. The van der Waals surface area contributed by atoms with Gasteiger partial charge in [0.1, 0.15) is 17.8 Å². The second kappa shape index (κ2) is 8.55. The first-order valence-electron chi connectivity index (χ1n) is 10.0. The van der Waals surface area contributed by atoms with Crippen LogP contribution in [0.25, 0.3) is 0 Å². The van der Waals surface area contributed by atoms with Gasteiger partial charge in [0.15, 0.2) is 5.79 Å². The largest absolute Gasteiger partial charge is 0.370 e. The molecule has 2 aromatic rings. The molecule has 2 aliphatic heterocycles. The first kappa shape index (κ1) is 21.7. The highest BCUT2D eigenvalue weighted by molar-refractivity contribution is 6.33. The smallest absolute Gasteiger partial charge is 0.254 e. The van der Waals surface area contributed by atoms with E-state index in [1.54, 1.807) is 30.3 Å². The van der Waals surface area contributed by atoms with Crippen LogP contribution in [0.4, 0.5) is 0 Å². The zero-order chi connectivity index (χ0) is 22.1. The van der Waals surface area contributed by atoms with Gasteiger partial charge in [0.25, 0.3) is 11.8 Å². The Bertz CT molecular complexity index is 971. The number of hydrogen-bond acceptors (Lipinski definition) is 6. The number of pyridine rings is 1. The molecule has 2 aliphatic rings. The minimum Gasteiger partial charge on any atom is -0.370 e. The summed E-state index contributed by atoms with van der Waals surface area (Å²) in [5.74, 6) is -1.40. The Labute approximate surface area is 185 Å². The van der Waals surface area contributed by atoms with Crippen LogP contribution >= 0.6 is 11.6 Å². The van der Waals surface area contributed by atoms with E-state index in [0.717, 1.165) is 0 Å². The number of carbonyl (C=O) groups is 2. The lowest BCUT2D eigenvalue weighted by Gasteiger charge is -2.27. The molecule has 4 rings (SSSR count). The van der Waals surface area contributed by atoms with Crippen LogP contribution in [0.5, 0.6) is 0 Å². The summed E-state index contributed by atoms with van der Waals surface area (Å²) >= 11 is 6.07. The number of benzene rings is 1. The van der Waals surface area contributed by atoms with Crippen LogP contribution in [-0.4, -0.2) is 60.1 Å². The van der Waals surface area contributed by atoms with Crippen molar-refractivity contribution in [1.82, 2.24) is 15.6 Å². The van der Waals surface area contributed by atoms with Crippen LogP contribution in [-0.2, 0) is 14.2 Å². The molecular weight excluding hydrogens is 422 g/mol. The minimum absolute atomic E-state index is 0.197. The van der Waals surface area contributed by atoms with E-state index in [1.807, 2.05) is 19.9 Å². The van der Waals surface area contributed by atoms with Crippen molar-refractivity contribution >= 4 is 23.4 Å². The topological polar surface area (TPSA) is 98.8 Å². The second-order valence-electron chi connectivity index (χ2n) is 8.07. The minimum atomic E-state index is -0.852. The zero-order valence-corrected chi connectivity index (χ0v) is 18.0. The summed E-state index contributed by atoms with van der Waals surface area (Å²) in [6.45, 7) is 4.27. The summed E-state index contributed by atoms with van der Waals surface area (Å²) < 4.78 is 18.2. The van der Waals surface area contributed by atoms with Gasteiger partial charge in [-0.05, 0) is 32.0 Å². The van der Waals surface area contributed by atoms with E-state index in [1.165, 1.54) is 12.4 Å². The maximum Gasteiger partial charge on any atom is 0.254 e. The number of nitrogens with one attached hydrogen (secondary N) is 2. The van der Waals surface area contributed by atoms with Crippen LogP contribution in [0.2, 0.25) is 5.02 Å². The maximum atomic E-state index is 12.5. The maximum absolute atomic E-state index is 12.5. The zero-order valence-electron chi connectivity index (χ0n) is 17.3. The average molecular weight is 446 g/mol. The normalized spacial score (nSPS) is 26.3. The number of aromatic nitrogens is 1. The van der Waals surface area contributed by atoms with E-state index in [9.17, 15) is 9.59 Å². The van der Waals surface area contributed by atoms with E-state index in [2.05, 4.69) is 15.6 Å². The van der Waals surface area contributed by atoms with Gasteiger partial charge in [-0.1, -0.05) is 29.8 Å². The molecular formula is C22H24ClN3O5. The van der Waals surface area contributed by atoms with E-state index in [0.29, 0.717) is 10.6 Å². The number of hydrogen-bond donors (Lipinski definition) is 2. The molecule has 164 valence electrons. The lowest BCUT2D eigenvalue weighted by atomic mass is 9.96. The molecule has 0 bridgehead atoms. The molecule has 2 amide bonds. The number of carbonyl (C=O) groups excluding carboxylic acids is 2. The SMILES string of the molecule is CC1(C)O[C@@H]2[C@@H](CNC(=O)c3cnccc3Cl)OC[C@]2(CNC(=O)c2ccccc2)O1. The van der Waals surface area contributed by atoms with E-state index < -0.39 is 23.6 Å². The molecule has 0 unspecified atom stereocenters. The standard InChI is InChI=1S/C22H24ClN3O5/c1-21(2)30-18-17(11-25-20(28)15-10-24-9-8-16(15)23)29-13-22(18,31-21)12-26-19(27)14-6-4-3-5-7-14/h3-10,17-18H,11-13H2,1-2H3,(H,25,28)(H,26,27)/t17-,18-,22+/m1/s1. The molecule has 0 saturated carbocycles. The van der Waals surface area contributed by atoms with E-state index in [4.69, 9.17) is 25.8 Å². The van der Waals surface area contributed by atoms with Gasteiger partial charge in [-0.2, -0.15) is 0 Å². The molecule has 2 N–H and O–H groups in total. The fourth-order valence-corrected chi connectivity index (χ4v) is 4.15. The Morgan fingerprint density at radius 2 is 1.94 bits per heavy atom. The highest BCUT2D eigenvalue weighted by Crippen LogP contribution is 2.43. The highest BCUT2D eigenvalue weighted by atomic mass is 35.5. The Morgan fingerprint density at radius 1 is 1.16 bits per heavy atom. The quantitative estimate of drug-likeness (QED) is 0.707. The van der Waals surface area contributed by atoms with Crippen molar-refractivity contribution in [2.75, 3.05) is 19.7 Å². The van der Waals surface area contributed by atoms with Crippen molar-refractivity contribution in [2.45, 2.75) is 37.4 Å². The molecule has 1 aromatic carbocycles. The summed E-state index contributed by atoms with van der Waals surface area (Å²) in [5, 5.41) is 6.06.